The van der Waals surface area contributed by atoms with Crippen molar-refractivity contribution in [2.24, 2.45) is 0 Å². The summed E-state index contributed by atoms with van der Waals surface area (Å²) in [5, 5.41) is -0.561. The van der Waals surface area contributed by atoms with Crippen LogP contribution in [0.3, 0.4) is 0 Å². The second kappa shape index (κ2) is 4.68. The van der Waals surface area contributed by atoms with Gasteiger partial charge in [-0.1, -0.05) is 0 Å². The molecule has 0 aliphatic carbocycles. The predicted octanol–water partition coefficient (Wildman–Crippen LogP) is 1.83. The molecule has 1 fully saturated rings. The maximum absolute atomic E-state index is 12.3. The molecular formula is C11H22ClNO3S. The van der Waals surface area contributed by atoms with E-state index in [1.54, 1.807) is 6.92 Å². The van der Waals surface area contributed by atoms with Crippen molar-refractivity contribution in [3.63, 3.8) is 0 Å². The van der Waals surface area contributed by atoms with Gasteiger partial charge in [-0.05, 0) is 34.6 Å². The molecule has 0 saturated carbocycles. The van der Waals surface area contributed by atoms with E-state index in [0.29, 0.717) is 13.1 Å². The van der Waals surface area contributed by atoms with Gasteiger partial charge in [0.1, 0.15) is 0 Å². The summed E-state index contributed by atoms with van der Waals surface area (Å²) in [6.07, 6.45) is 0. The van der Waals surface area contributed by atoms with Crippen molar-refractivity contribution in [2.45, 2.75) is 51.1 Å². The van der Waals surface area contributed by atoms with Gasteiger partial charge in [-0.25, -0.2) is 8.42 Å². The zero-order valence-corrected chi connectivity index (χ0v) is 12.7. The van der Waals surface area contributed by atoms with E-state index in [1.807, 2.05) is 27.7 Å². The largest absolute Gasteiger partial charge is 0.367 e. The molecular weight excluding hydrogens is 262 g/mol. The summed E-state index contributed by atoms with van der Waals surface area (Å²) in [6.45, 7) is 10.0. The standard InChI is InChI=1S/C11H22ClNO3S/c1-9(6-12)17(14,15)13-7-10(2,3)16-11(4,5)8-13/h9H,6-8H2,1-5H3. The molecule has 17 heavy (non-hydrogen) atoms. The molecule has 1 rings (SSSR count). The van der Waals surface area contributed by atoms with Gasteiger partial charge < -0.3 is 4.74 Å². The van der Waals surface area contributed by atoms with Gasteiger partial charge in [0.2, 0.25) is 10.0 Å². The molecule has 102 valence electrons. The van der Waals surface area contributed by atoms with E-state index in [0.717, 1.165) is 0 Å². The van der Waals surface area contributed by atoms with Crippen molar-refractivity contribution in [3.05, 3.63) is 0 Å². The molecule has 1 aliphatic heterocycles. The highest BCUT2D eigenvalue weighted by atomic mass is 35.5. The van der Waals surface area contributed by atoms with Crippen molar-refractivity contribution in [3.8, 4) is 0 Å². The lowest BCUT2D eigenvalue weighted by Crippen LogP contribution is -2.59. The van der Waals surface area contributed by atoms with Crippen molar-refractivity contribution in [1.82, 2.24) is 4.31 Å². The second-order valence-electron chi connectivity index (χ2n) is 5.90. The summed E-state index contributed by atoms with van der Waals surface area (Å²) < 4.78 is 31.9. The third-order valence-corrected chi connectivity index (χ3v) is 5.56. The minimum absolute atomic E-state index is 0.112. The minimum Gasteiger partial charge on any atom is -0.367 e. The fraction of sp³-hybridized carbons (Fsp3) is 1.00. The summed E-state index contributed by atoms with van der Waals surface area (Å²) >= 11 is 5.66. The van der Waals surface area contributed by atoms with Crippen LogP contribution in [0.1, 0.15) is 34.6 Å². The maximum Gasteiger partial charge on any atom is 0.218 e. The first-order chi connectivity index (χ1) is 7.50. The second-order valence-corrected chi connectivity index (χ2v) is 8.56. The van der Waals surface area contributed by atoms with Crippen LogP contribution in [0, 0.1) is 0 Å². The lowest BCUT2D eigenvalue weighted by atomic mass is 10.0. The molecule has 1 aliphatic rings. The maximum atomic E-state index is 12.3. The lowest BCUT2D eigenvalue weighted by Gasteiger charge is -2.46. The molecule has 1 heterocycles. The zero-order valence-electron chi connectivity index (χ0n) is 11.2. The van der Waals surface area contributed by atoms with Crippen LogP contribution in [0.5, 0.6) is 0 Å². The molecule has 0 aromatic heterocycles. The number of nitrogens with zero attached hydrogens (tertiary/aromatic N) is 1. The normalized spacial score (nSPS) is 26.7. The van der Waals surface area contributed by atoms with E-state index in [1.165, 1.54) is 4.31 Å². The first-order valence-electron chi connectivity index (χ1n) is 5.75. The Kier molecular flexibility index (Phi) is 4.19. The minimum atomic E-state index is -3.33. The Balaban J connectivity index is 2.99. The van der Waals surface area contributed by atoms with Gasteiger partial charge in [0.15, 0.2) is 0 Å². The number of sulfonamides is 1. The van der Waals surface area contributed by atoms with Gasteiger partial charge in [-0.3, -0.25) is 0 Å². The molecule has 6 heteroatoms. The van der Waals surface area contributed by atoms with Crippen LogP contribution < -0.4 is 0 Å². The van der Waals surface area contributed by atoms with Crippen LogP contribution in [0.25, 0.3) is 0 Å². The number of ether oxygens (including phenoxy) is 1. The molecule has 0 aromatic carbocycles. The number of hydrogen-bond donors (Lipinski definition) is 0. The highest BCUT2D eigenvalue weighted by Crippen LogP contribution is 2.30. The average molecular weight is 284 g/mol. The third kappa shape index (κ3) is 3.56. The number of morpholine rings is 1. The molecule has 0 spiro atoms. The Morgan fingerprint density at radius 1 is 1.24 bits per heavy atom. The Morgan fingerprint density at radius 2 is 1.65 bits per heavy atom. The van der Waals surface area contributed by atoms with Gasteiger partial charge in [-0.15, -0.1) is 11.6 Å². The average Bonchev–Trinajstić information content (AvgIpc) is 2.11. The lowest BCUT2D eigenvalue weighted by molar-refractivity contribution is -0.164. The highest BCUT2D eigenvalue weighted by Gasteiger charge is 2.43. The Morgan fingerprint density at radius 3 is 2.00 bits per heavy atom. The fourth-order valence-corrected chi connectivity index (χ4v) is 4.36. The van der Waals surface area contributed by atoms with E-state index in [9.17, 15) is 8.42 Å². The number of rotatable bonds is 3. The smallest absolute Gasteiger partial charge is 0.218 e. The van der Waals surface area contributed by atoms with E-state index in [-0.39, 0.29) is 5.88 Å². The molecule has 4 nitrogen and oxygen atoms in total. The van der Waals surface area contributed by atoms with Crippen molar-refractivity contribution >= 4 is 21.6 Å². The van der Waals surface area contributed by atoms with Crippen LogP contribution in [0.4, 0.5) is 0 Å². The van der Waals surface area contributed by atoms with Gasteiger partial charge in [-0.2, -0.15) is 4.31 Å². The van der Waals surface area contributed by atoms with Gasteiger partial charge >= 0.3 is 0 Å². The topological polar surface area (TPSA) is 46.6 Å². The van der Waals surface area contributed by atoms with Gasteiger partial charge in [0.25, 0.3) is 0 Å². The highest BCUT2D eigenvalue weighted by molar-refractivity contribution is 7.89. The van der Waals surface area contributed by atoms with Gasteiger partial charge in [0.05, 0.1) is 16.5 Å². The first-order valence-corrected chi connectivity index (χ1v) is 7.79. The first kappa shape index (κ1) is 15.2. The van der Waals surface area contributed by atoms with E-state index >= 15 is 0 Å². The summed E-state index contributed by atoms with van der Waals surface area (Å²) in [7, 11) is -3.33. The van der Waals surface area contributed by atoms with Crippen LogP contribution in [0.2, 0.25) is 0 Å². The summed E-state index contributed by atoms with van der Waals surface area (Å²) in [5.74, 6) is 0.112. The number of halogens is 1. The van der Waals surface area contributed by atoms with Crippen LogP contribution in [0.15, 0.2) is 0 Å². The quantitative estimate of drug-likeness (QED) is 0.743. The molecule has 1 atom stereocenters. The Hall–Kier alpha value is 0.160. The van der Waals surface area contributed by atoms with Crippen molar-refractivity contribution in [2.75, 3.05) is 19.0 Å². The Bertz CT molecular complexity index is 362. The number of hydrogen-bond acceptors (Lipinski definition) is 3. The molecule has 1 saturated heterocycles. The zero-order chi connectivity index (χ0) is 13.5. The van der Waals surface area contributed by atoms with E-state index < -0.39 is 26.5 Å². The van der Waals surface area contributed by atoms with Gasteiger partial charge in [0, 0.05) is 19.0 Å². The van der Waals surface area contributed by atoms with Crippen LogP contribution in [-0.2, 0) is 14.8 Å². The van der Waals surface area contributed by atoms with Crippen LogP contribution >= 0.6 is 11.6 Å². The monoisotopic (exact) mass is 283 g/mol. The molecule has 0 aromatic rings. The third-order valence-electron chi connectivity index (χ3n) is 2.75. The predicted molar refractivity (Wildman–Crippen MR) is 69.9 cm³/mol. The SMILES string of the molecule is CC(CCl)S(=O)(=O)N1CC(C)(C)OC(C)(C)C1. The van der Waals surface area contributed by atoms with E-state index in [2.05, 4.69) is 0 Å². The van der Waals surface area contributed by atoms with E-state index in [4.69, 9.17) is 16.3 Å². The molecule has 0 bridgehead atoms. The molecule has 0 radical (unpaired) electrons. The van der Waals surface area contributed by atoms with Crippen molar-refractivity contribution < 1.29 is 13.2 Å². The molecule has 0 amide bonds. The fourth-order valence-electron chi connectivity index (χ4n) is 2.23. The van der Waals surface area contributed by atoms with Crippen molar-refractivity contribution in [1.29, 1.82) is 0 Å². The van der Waals surface area contributed by atoms with Crippen LogP contribution in [-0.4, -0.2) is 48.1 Å². The summed E-state index contributed by atoms with van der Waals surface area (Å²) in [4.78, 5) is 0. The molecule has 0 N–H and O–H groups in total. The summed E-state index contributed by atoms with van der Waals surface area (Å²) in [5.41, 5.74) is -0.943. The Labute approximate surface area is 109 Å². The number of alkyl halides is 1. The summed E-state index contributed by atoms with van der Waals surface area (Å²) in [6, 6.07) is 0. The molecule has 1 unspecified atom stereocenters.